The van der Waals surface area contributed by atoms with Crippen molar-refractivity contribution in [2.45, 2.75) is 12.8 Å². The van der Waals surface area contributed by atoms with Crippen molar-refractivity contribution < 1.29 is 4.79 Å². The smallest absolute Gasteiger partial charge is 0.152 e. The Morgan fingerprint density at radius 3 is 2.89 bits per heavy atom. The first-order valence-electron chi connectivity index (χ1n) is 9.76. The highest BCUT2D eigenvalue weighted by Gasteiger charge is 2.16. The number of hydrogen-bond donors (Lipinski definition) is 0. The van der Waals surface area contributed by atoms with E-state index in [2.05, 4.69) is 26.8 Å². The molecule has 0 aliphatic carbocycles. The Bertz CT molecular complexity index is 960. The van der Waals surface area contributed by atoms with Gasteiger partial charge < -0.3 is 4.90 Å². The Kier molecular flexibility index (Phi) is 5.69. The molecule has 6 heteroatoms. The largest absolute Gasteiger partial charge is 0.305 e. The second-order valence-corrected chi connectivity index (χ2v) is 7.45. The number of Topliss-reactive ketones (excluding diaryl/α,β-unsaturated/α-hetero) is 1. The van der Waals surface area contributed by atoms with E-state index in [1.807, 2.05) is 30.3 Å². The highest BCUT2D eigenvalue weighted by molar-refractivity contribution is 5.85. The Morgan fingerprint density at radius 2 is 2.04 bits per heavy atom. The van der Waals surface area contributed by atoms with E-state index in [9.17, 15) is 4.79 Å². The quantitative estimate of drug-likeness (QED) is 0.683. The van der Waals surface area contributed by atoms with E-state index in [0.717, 1.165) is 60.5 Å². The standard InChI is InChI=1S/C22H25N5O/c1-26-8-3-9-27(11-10-26)16-20(28)12-19-13-22-18(15-24-19)5-6-21(25-22)17-4-2-7-23-14-17/h2,4-7,13-15H,3,8-12,16H2,1H3. The number of ketones is 1. The van der Waals surface area contributed by atoms with Crippen molar-refractivity contribution in [2.24, 2.45) is 0 Å². The molecule has 4 heterocycles. The van der Waals surface area contributed by atoms with Gasteiger partial charge in [0, 0.05) is 48.3 Å². The van der Waals surface area contributed by atoms with Crippen LogP contribution in [-0.4, -0.2) is 70.3 Å². The zero-order valence-corrected chi connectivity index (χ0v) is 16.2. The fourth-order valence-corrected chi connectivity index (χ4v) is 3.60. The lowest BCUT2D eigenvalue weighted by molar-refractivity contribution is -0.119. The third kappa shape index (κ3) is 4.58. The normalized spacial score (nSPS) is 16.2. The van der Waals surface area contributed by atoms with Crippen molar-refractivity contribution in [2.75, 3.05) is 39.8 Å². The number of fused-ring (bicyclic) bond motifs is 1. The predicted octanol–water partition coefficient (Wildman–Crippen LogP) is 2.44. The van der Waals surface area contributed by atoms with Gasteiger partial charge in [-0.1, -0.05) is 0 Å². The van der Waals surface area contributed by atoms with Crippen LogP contribution in [0.25, 0.3) is 22.2 Å². The van der Waals surface area contributed by atoms with Crippen LogP contribution in [0, 0.1) is 0 Å². The molecule has 1 aliphatic rings. The van der Waals surface area contributed by atoms with E-state index in [1.165, 1.54) is 0 Å². The van der Waals surface area contributed by atoms with Gasteiger partial charge in [-0.25, -0.2) is 4.98 Å². The van der Waals surface area contributed by atoms with Gasteiger partial charge in [0.25, 0.3) is 0 Å². The van der Waals surface area contributed by atoms with E-state index in [0.29, 0.717) is 13.0 Å². The first kappa shape index (κ1) is 18.7. The summed E-state index contributed by atoms with van der Waals surface area (Å²) in [4.78, 5) is 30.5. The van der Waals surface area contributed by atoms with Gasteiger partial charge in [0.05, 0.1) is 24.2 Å². The maximum atomic E-state index is 12.6. The maximum Gasteiger partial charge on any atom is 0.152 e. The topological polar surface area (TPSA) is 62.2 Å². The van der Waals surface area contributed by atoms with Crippen LogP contribution in [0.4, 0.5) is 0 Å². The predicted molar refractivity (Wildman–Crippen MR) is 110 cm³/mol. The summed E-state index contributed by atoms with van der Waals surface area (Å²) < 4.78 is 0. The van der Waals surface area contributed by atoms with E-state index >= 15 is 0 Å². The van der Waals surface area contributed by atoms with E-state index in [-0.39, 0.29) is 5.78 Å². The Morgan fingerprint density at radius 1 is 1.11 bits per heavy atom. The first-order chi connectivity index (χ1) is 13.7. The second kappa shape index (κ2) is 8.54. The van der Waals surface area contributed by atoms with Crippen LogP contribution in [0.5, 0.6) is 0 Å². The lowest BCUT2D eigenvalue weighted by Gasteiger charge is -2.19. The third-order valence-corrected chi connectivity index (χ3v) is 5.18. The molecular weight excluding hydrogens is 350 g/mol. The van der Waals surface area contributed by atoms with Crippen molar-refractivity contribution >= 4 is 16.7 Å². The van der Waals surface area contributed by atoms with E-state index < -0.39 is 0 Å². The van der Waals surface area contributed by atoms with Crippen LogP contribution in [-0.2, 0) is 11.2 Å². The Balaban J connectivity index is 1.47. The fraction of sp³-hybridized carbons (Fsp3) is 0.364. The van der Waals surface area contributed by atoms with Gasteiger partial charge in [-0.05, 0) is 56.9 Å². The molecule has 0 unspecified atom stereocenters. The number of rotatable bonds is 5. The third-order valence-electron chi connectivity index (χ3n) is 5.18. The number of aromatic nitrogens is 3. The van der Waals surface area contributed by atoms with Gasteiger partial charge in [-0.2, -0.15) is 0 Å². The van der Waals surface area contributed by atoms with Gasteiger partial charge in [-0.3, -0.25) is 19.7 Å². The van der Waals surface area contributed by atoms with Crippen molar-refractivity contribution in [3.63, 3.8) is 0 Å². The molecule has 0 atom stereocenters. The summed E-state index contributed by atoms with van der Waals surface area (Å²) in [5.41, 5.74) is 3.48. The van der Waals surface area contributed by atoms with Gasteiger partial charge >= 0.3 is 0 Å². The van der Waals surface area contributed by atoms with Gasteiger partial charge in [0.2, 0.25) is 0 Å². The monoisotopic (exact) mass is 375 g/mol. The highest BCUT2D eigenvalue weighted by atomic mass is 16.1. The summed E-state index contributed by atoms with van der Waals surface area (Å²) >= 11 is 0. The molecule has 1 aliphatic heterocycles. The summed E-state index contributed by atoms with van der Waals surface area (Å²) in [5, 5.41) is 0.972. The summed E-state index contributed by atoms with van der Waals surface area (Å²) in [5.74, 6) is 0.208. The van der Waals surface area contributed by atoms with E-state index in [4.69, 9.17) is 4.98 Å². The first-order valence-corrected chi connectivity index (χ1v) is 9.76. The number of carbonyl (C=O) groups excluding carboxylic acids is 1. The lowest BCUT2D eigenvalue weighted by atomic mass is 10.1. The Hall–Kier alpha value is -2.70. The van der Waals surface area contributed by atoms with Crippen LogP contribution in [0.2, 0.25) is 0 Å². The zero-order valence-electron chi connectivity index (χ0n) is 16.2. The highest BCUT2D eigenvalue weighted by Crippen LogP contribution is 2.20. The summed E-state index contributed by atoms with van der Waals surface area (Å²) in [6, 6.07) is 9.81. The molecule has 28 heavy (non-hydrogen) atoms. The van der Waals surface area contributed by atoms with Gasteiger partial charge in [0.1, 0.15) is 0 Å². The SMILES string of the molecule is CN1CCCN(CC(=O)Cc2cc3nc(-c4cccnc4)ccc3cn2)CC1. The van der Waals surface area contributed by atoms with Crippen LogP contribution >= 0.6 is 0 Å². The minimum Gasteiger partial charge on any atom is -0.305 e. The zero-order chi connectivity index (χ0) is 19.3. The molecule has 1 fully saturated rings. The number of carbonyl (C=O) groups is 1. The molecule has 4 rings (SSSR count). The molecule has 0 saturated carbocycles. The van der Waals surface area contributed by atoms with Crippen LogP contribution in [0.3, 0.4) is 0 Å². The molecule has 6 nitrogen and oxygen atoms in total. The van der Waals surface area contributed by atoms with E-state index in [1.54, 1.807) is 18.6 Å². The number of nitrogens with zero attached hydrogens (tertiary/aromatic N) is 5. The van der Waals surface area contributed by atoms with Gasteiger partial charge in [0.15, 0.2) is 5.78 Å². The molecule has 3 aromatic rings. The molecule has 0 bridgehead atoms. The summed E-state index contributed by atoms with van der Waals surface area (Å²) in [6.45, 7) is 4.54. The number of likely N-dealkylation sites (N-methyl/N-ethyl adjacent to an activating group) is 1. The summed E-state index contributed by atoms with van der Waals surface area (Å²) in [6.07, 6.45) is 6.82. The summed E-state index contributed by atoms with van der Waals surface area (Å²) in [7, 11) is 2.14. The molecule has 0 radical (unpaired) electrons. The lowest BCUT2D eigenvalue weighted by Crippen LogP contribution is -2.34. The molecule has 1 saturated heterocycles. The fourth-order valence-electron chi connectivity index (χ4n) is 3.60. The van der Waals surface area contributed by atoms with Crippen LogP contribution < -0.4 is 0 Å². The molecule has 144 valence electrons. The average Bonchev–Trinajstić information content (AvgIpc) is 2.92. The molecular formula is C22H25N5O. The van der Waals surface area contributed by atoms with Crippen LogP contribution in [0.15, 0.2) is 48.9 Å². The van der Waals surface area contributed by atoms with Crippen molar-refractivity contribution in [3.05, 3.63) is 54.6 Å². The van der Waals surface area contributed by atoms with Crippen molar-refractivity contribution in [1.29, 1.82) is 0 Å². The molecule has 3 aromatic heterocycles. The minimum absolute atomic E-state index is 0.208. The molecule has 0 spiro atoms. The molecule has 0 N–H and O–H groups in total. The molecule has 0 aromatic carbocycles. The maximum absolute atomic E-state index is 12.6. The number of pyridine rings is 3. The Labute approximate surface area is 165 Å². The van der Waals surface area contributed by atoms with Crippen molar-refractivity contribution in [3.8, 4) is 11.3 Å². The van der Waals surface area contributed by atoms with Gasteiger partial charge in [-0.15, -0.1) is 0 Å². The number of hydrogen-bond acceptors (Lipinski definition) is 6. The minimum atomic E-state index is 0.208. The van der Waals surface area contributed by atoms with Crippen molar-refractivity contribution in [1.82, 2.24) is 24.8 Å². The van der Waals surface area contributed by atoms with Crippen LogP contribution in [0.1, 0.15) is 12.1 Å². The molecule has 0 amide bonds. The average molecular weight is 375 g/mol. The second-order valence-electron chi connectivity index (χ2n) is 7.45.